The molecule has 2 aromatic heterocycles. The van der Waals surface area contributed by atoms with Crippen molar-refractivity contribution < 1.29 is 17.9 Å². The maximum atomic E-state index is 11.8. The predicted molar refractivity (Wildman–Crippen MR) is 70.7 cm³/mol. The molecule has 5 nitrogen and oxygen atoms in total. The lowest BCUT2D eigenvalue weighted by Gasteiger charge is -2.02. The van der Waals surface area contributed by atoms with E-state index in [1.807, 2.05) is 11.4 Å². The van der Waals surface area contributed by atoms with E-state index in [1.165, 1.54) is 23.5 Å². The van der Waals surface area contributed by atoms with E-state index >= 15 is 0 Å². The fourth-order valence-electron chi connectivity index (χ4n) is 1.27. The zero-order valence-electron chi connectivity index (χ0n) is 9.09. The molecule has 98 valence electrons. The molecule has 0 saturated carbocycles. The van der Waals surface area contributed by atoms with Crippen LogP contribution in [0.4, 0.5) is 0 Å². The lowest BCUT2D eigenvalue weighted by molar-refractivity contribution is 0.236. The minimum atomic E-state index is -3.67. The van der Waals surface area contributed by atoms with Crippen molar-refractivity contribution >= 4 is 37.3 Å². The van der Waals surface area contributed by atoms with Crippen LogP contribution in [-0.4, -0.2) is 13.5 Å². The summed E-state index contributed by atoms with van der Waals surface area (Å²) < 4.78 is 32.0. The van der Waals surface area contributed by atoms with E-state index in [-0.39, 0.29) is 24.0 Å². The second-order valence-corrected chi connectivity index (χ2v) is 7.04. The minimum Gasteiger partial charge on any atom is -0.446 e. The van der Waals surface area contributed by atoms with Gasteiger partial charge in [-0.3, -0.25) is 0 Å². The van der Waals surface area contributed by atoms with Gasteiger partial charge in [-0.15, -0.1) is 11.3 Å². The summed E-state index contributed by atoms with van der Waals surface area (Å²) in [6.07, 6.45) is 0. The predicted octanol–water partition coefficient (Wildman–Crippen LogP) is 2.07. The monoisotopic (exact) mass is 351 g/mol. The molecule has 0 atom stereocenters. The van der Waals surface area contributed by atoms with Crippen LogP contribution >= 0.6 is 27.3 Å². The van der Waals surface area contributed by atoms with Crippen LogP contribution in [0.25, 0.3) is 0 Å². The van der Waals surface area contributed by atoms with Gasteiger partial charge >= 0.3 is 0 Å². The zero-order chi connectivity index (χ0) is 13.2. The molecule has 0 radical (unpaired) electrons. The van der Waals surface area contributed by atoms with Gasteiger partial charge in [-0.05, 0) is 34.1 Å². The fourth-order valence-corrected chi connectivity index (χ4v) is 3.71. The maximum absolute atomic E-state index is 11.8. The molecular formula is C10H10BrNO4S2. The molecule has 0 aliphatic carbocycles. The molecule has 2 heterocycles. The number of sulfonamides is 1. The van der Waals surface area contributed by atoms with Gasteiger partial charge in [-0.1, -0.05) is 0 Å². The van der Waals surface area contributed by atoms with Crippen molar-refractivity contribution in [2.24, 2.45) is 0 Å². The highest BCUT2D eigenvalue weighted by Crippen LogP contribution is 2.20. The summed E-state index contributed by atoms with van der Waals surface area (Å²) in [5, 5.41) is 10.5. The van der Waals surface area contributed by atoms with E-state index in [0.717, 1.165) is 9.35 Å². The molecule has 2 rings (SSSR count). The molecule has 0 unspecified atom stereocenters. The van der Waals surface area contributed by atoms with Crippen LogP contribution in [0.2, 0.25) is 0 Å². The summed E-state index contributed by atoms with van der Waals surface area (Å²) in [5.41, 5.74) is 0. The summed E-state index contributed by atoms with van der Waals surface area (Å²) in [6, 6.07) is 4.59. The molecule has 18 heavy (non-hydrogen) atoms. The smallest absolute Gasteiger partial charge is 0.274 e. The van der Waals surface area contributed by atoms with Crippen LogP contribution in [0.15, 0.2) is 37.6 Å². The molecule has 8 heteroatoms. The van der Waals surface area contributed by atoms with Crippen molar-refractivity contribution in [2.45, 2.75) is 18.2 Å². The second kappa shape index (κ2) is 5.54. The van der Waals surface area contributed by atoms with Gasteiger partial charge in [0.05, 0.1) is 0 Å². The Labute approximate surface area is 117 Å². The Bertz CT molecular complexity index is 632. The van der Waals surface area contributed by atoms with Gasteiger partial charge in [-0.25, -0.2) is 13.1 Å². The number of thiophene rings is 1. The van der Waals surface area contributed by atoms with Crippen molar-refractivity contribution in [3.05, 3.63) is 38.7 Å². The minimum absolute atomic E-state index is 0.192. The molecule has 0 bridgehead atoms. The summed E-state index contributed by atoms with van der Waals surface area (Å²) in [4.78, 5) is 0.888. The first-order valence-electron chi connectivity index (χ1n) is 4.93. The lowest BCUT2D eigenvalue weighted by Crippen LogP contribution is -2.22. The van der Waals surface area contributed by atoms with E-state index in [1.54, 1.807) is 0 Å². The highest BCUT2D eigenvalue weighted by molar-refractivity contribution is 9.10. The molecule has 0 aliphatic heterocycles. The number of nitrogens with one attached hydrogen (secondary N) is 1. The number of aliphatic hydroxyl groups excluding tert-OH is 1. The Hall–Kier alpha value is -0.670. The summed E-state index contributed by atoms with van der Waals surface area (Å²) in [6.45, 7) is -0.124. The van der Waals surface area contributed by atoms with Crippen molar-refractivity contribution in [1.82, 2.24) is 4.72 Å². The highest BCUT2D eigenvalue weighted by atomic mass is 79.9. The van der Waals surface area contributed by atoms with Gasteiger partial charge in [0.25, 0.3) is 10.0 Å². The van der Waals surface area contributed by atoms with Gasteiger partial charge in [0.15, 0.2) is 0 Å². The third-order valence-corrected chi connectivity index (χ3v) is 5.09. The molecule has 2 N–H and O–H groups in total. The van der Waals surface area contributed by atoms with E-state index in [4.69, 9.17) is 9.52 Å². The largest absolute Gasteiger partial charge is 0.446 e. The summed E-state index contributed by atoms with van der Waals surface area (Å²) in [5.74, 6) is 0.217. The summed E-state index contributed by atoms with van der Waals surface area (Å²) >= 11 is 4.75. The normalized spacial score (nSPS) is 11.9. The van der Waals surface area contributed by atoms with Crippen LogP contribution < -0.4 is 4.72 Å². The van der Waals surface area contributed by atoms with Crippen LogP contribution in [0.1, 0.15) is 10.6 Å². The van der Waals surface area contributed by atoms with E-state index in [2.05, 4.69) is 20.7 Å². The maximum Gasteiger partial charge on any atom is 0.274 e. The van der Waals surface area contributed by atoms with E-state index in [9.17, 15) is 8.42 Å². The molecule has 0 amide bonds. The topological polar surface area (TPSA) is 79.5 Å². The average Bonchev–Trinajstić information content (AvgIpc) is 2.95. The van der Waals surface area contributed by atoms with Gasteiger partial charge in [0, 0.05) is 21.3 Å². The van der Waals surface area contributed by atoms with Gasteiger partial charge in [0.2, 0.25) is 5.09 Å². The standard InChI is InChI=1S/C10H10BrNO4S2/c11-7-3-9(17-6-7)4-12-18(14,15)10-2-1-8(5-13)16-10/h1-3,6,12-13H,4-5H2. The first-order chi connectivity index (χ1) is 8.51. The average molecular weight is 352 g/mol. The molecule has 0 aliphatic rings. The molecule has 0 saturated heterocycles. The Morgan fingerprint density at radius 1 is 1.44 bits per heavy atom. The molecular weight excluding hydrogens is 342 g/mol. The van der Waals surface area contributed by atoms with Crippen LogP contribution in [-0.2, 0) is 23.2 Å². The first-order valence-corrected chi connectivity index (χ1v) is 8.09. The quantitative estimate of drug-likeness (QED) is 0.864. The van der Waals surface area contributed by atoms with Crippen LogP contribution in [0, 0.1) is 0 Å². The van der Waals surface area contributed by atoms with Gasteiger partial charge in [-0.2, -0.15) is 0 Å². The third kappa shape index (κ3) is 3.21. The number of furan rings is 1. The van der Waals surface area contributed by atoms with E-state index < -0.39 is 10.0 Å². The van der Waals surface area contributed by atoms with E-state index in [0.29, 0.717) is 0 Å². The highest BCUT2D eigenvalue weighted by Gasteiger charge is 2.18. The van der Waals surface area contributed by atoms with Crippen molar-refractivity contribution in [3.8, 4) is 0 Å². The number of rotatable bonds is 5. The first kappa shape index (κ1) is 13.8. The number of hydrogen-bond donors (Lipinski definition) is 2. The SMILES string of the molecule is O=S(=O)(NCc1cc(Br)cs1)c1ccc(CO)o1. The van der Waals surface area contributed by atoms with Gasteiger partial charge < -0.3 is 9.52 Å². The Kier molecular flexibility index (Phi) is 4.23. The van der Waals surface area contributed by atoms with Crippen molar-refractivity contribution in [3.63, 3.8) is 0 Å². The molecule has 0 spiro atoms. The Morgan fingerprint density at radius 2 is 2.22 bits per heavy atom. The van der Waals surface area contributed by atoms with Crippen molar-refractivity contribution in [2.75, 3.05) is 0 Å². The van der Waals surface area contributed by atoms with Crippen molar-refractivity contribution in [1.29, 1.82) is 0 Å². The number of halogens is 1. The Morgan fingerprint density at radius 3 is 2.78 bits per heavy atom. The number of aliphatic hydroxyl groups is 1. The molecule has 0 aromatic carbocycles. The number of hydrogen-bond acceptors (Lipinski definition) is 5. The molecule has 0 fully saturated rings. The molecule has 2 aromatic rings. The second-order valence-electron chi connectivity index (χ2n) is 3.43. The van der Waals surface area contributed by atoms with Crippen LogP contribution in [0.3, 0.4) is 0 Å². The zero-order valence-corrected chi connectivity index (χ0v) is 12.3. The van der Waals surface area contributed by atoms with Gasteiger partial charge in [0.1, 0.15) is 12.4 Å². The summed E-state index contributed by atoms with van der Waals surface area (Å²) in [7, 11) is -3.67. The Balaban J connectivity index is 2.07. The lowest BCUT2D eigenvalue weighted by atomic mass is 10.5. The third-order valence-electron chi connectivity index (χ3n) is 2.12. The fraction of sp³-hybridized carbons (Fsp3) is 0.200. The van der Waals surface area contributed by atoms with Crippen LogP contribution in [0.5, 0.6) is 0 Å².